The van der Waals surface area contributed by atoms with Crippen LogP contribution < -0.4 is 5.32 Å². The first-order chi connectivity index (χ1) is 6.29. The Balaban J connectivity index is 2.13. The zero-order chi connectivity index (χ0) is 9.52. The first-order valence-electron chi connectivity index (χ1n) is 4.42. The van der Waals surface area contributed by atoms with E-state index in [4.69, 9.17) is 0 Å². The molecule has 0 saturated heterocycles. The van der Waals surface area contributed by atoms with Gasteiger partial charge < -0.3 is 5.32 Å². The predicted octanol–water partition coefficient (Wildman–Crippen LogP) is 1.57. The number of thioether (sulfide) groups is 1. The minimum atomic E-state index is 0.553. The third-order valence-corrected chi connectivity index (χ3v) is 2.31. The Morgan fingerprint density at radius 3 is 2.69 bits per heavy atom. The van der Waals surface area contributed by atoms with Gasteiger partial charge in [0.15, 0.2) is 5.16 Å². The summed E-state index contributed by atoms with van der Waals surface area (Å²) in [6.45, 7) is 5.29. The van der Waals surface area contributed by atoms with Crippen molar-refractivity contribution in [3.63, 3.8) is 0 Å². The molecule has 0 radical (unpaired) electrons. The van der Waals surface area contributed by atoms with Gasteiger partial charge in [0.1, 0.15) is 0 Å². The molecule has 72 valence electrons. The fourth-order valence-electron chi connectivity index (χ4n) is 0.850. The number of nitrogens with zero attached hydrogens (tertiary/aromatic N) is 2. The van der Waals surface area contributed by atoms with E-state index in [0.717, 1.165) is 17.5 Å². The normalized spacial score (nSPS) is 10.7. The third-order valence-electron chi connectivity index (χ3n) is 1.43. The lowest BCUT2D eigenvalue weighted by Crippen LogP contribution is -2.24. The highest BCUT2D eigenvalue weighted by Gasteiger charge is 1.95. The molecule has 0 saturated carbocycles. The highest BCUT2D eigenvalue weighted by atomic mass is 32.2. The van der Waals surface area contributed by atoms with Crippen molar-refractivity contribution in [2.24, 2.45) is 0 Å². The molecule has 3 nitrogen and oxygen atoms in total. The summed E-state index contributed by atoms with van der Waals surface area (Å²) < 4.78 is 0. The lowest BCUT2D eigenvalue weighted by Gasteiger charge is -2.06. The average molecular weight is 197 g/mol. The van der Waals surface area contributed by atoms with Gasteiger partial charge >= 0.3 is 0 Å². The van der Waals surface area contributed by atoms with Crippen molar-refractivity contribution in [1.29, 1.82) is 0 Å². The van der Waals surface area contributed by atoms with Gasteiger partial charge in [-0.15, -0.1) is 0 Å². The number of aromatic nitrogens is 2. The van der Waals surface area contributed by atoms with E-state index in [0.29, 0.717) is 6.04 Å². The van der Waals surface area contributed by atoms with Crippen molar-refractivity contribution >= 4 is 11.8 Å². The molecule has 1 aromatic heterocycles. The highest BCUT2D eigenvalue weighted by Crippen LogP contribution is 2.09. The predicted molar refractivity (Wildman–Crippen MR) is 55.9 cm³/mol. The first-order valence-corrected chi connectivity index (χ1v) is 5.41. The van der Waals surface area contributed by atoms with E-state index >= 15 is 0 Å². The summed E-state index contributed by atoms with van der Waals surface area (Å²) in [5, 5.41) is 4.19. The van der Waals surface area contributed by atoms with Crippen LogP contribution in [-0.4, -0.2) is 28.3 Å². The van der Waals surface area contributed by atoms with E-state index in [9.17, 15) is 0 Å². The number of nitrogens with one attached hydrogen (secondary N) is 1. The van der Waals surface area contributed by atoms with Crippen molar-refractivity contribution in [1.82, 2.24) is 15.3 Å². The zero-order valence-electron chi connectivity index (χ0n) is 8.03. The van der Waals surface area contributed by atoms with Gasteiger partial charge in [-0.05, 0) is 6.07 Å². The first kappa shape index (κ1) is 10.5. The van der Waals surface area contributed by atoms with E-state index in [2.05, 4.69) is 29.1 Å². The summed E-state index contributed by atoms with van der Waals surface area (Å²) in [6, 6.07) is 2.38. The molecular formula is C9H15N3S. The van der Waals surface area contributed by atoms with E-state index < -0.39 is 0 Å². The largest absolute Gasteiger partial charge is 0.314 e. The zero-order valence-corrected chi connectivity index (χ0v) is 8.84. The molecule has 0 bridgehead atoms. The molecule has 0 aromatic carbocycles. The maximum Gasteiger partial charge on any atom is 0.187 e. The van der Waals surface area contributed by atoms with Crippen LogP contribution in [0.2, 0.25) is 0 Å². The summed E-state index contributed by atoms with van der Waals surface area (Å²) in [5.74, 6) is 1.02. The molecule has 1 heterocycles. The molecule has 4 heteroatoms. The van der Waals surface area contributed by atoms with Crippen molar-refractivity contribution in [2.75, 3.05) is 12.3 Å². The quantitative estimate of drug-likeness (QED) is 0.442. The Morgan fingerprint density at radius 1 is 1.38 bits per heavy atom. The number of hydrogen-bond acceptors (Lipinski definition) is 4. The van der Waals surface area contributed by atoms with Crippen molar-refractivity contribution in [3.8, 4) is 0 Å². The van der Waals surface area contributed by atoms with E-state index in [1.54, 1.807) is 24.2 Å². The van der Waals surface area contributed by atoms with E-state index in [-0.39, 0.29) is 0 Å². The summed E-state index contributed by atoms with van der Waals surface area (Å²) in [7, 11) is 0. The Morgan fingerprint density at radius 2 is 2.08 bits per heavy atom. The molecule has 1 N–H and O–H groups in total. The van der Waals surface area contributed by atoms with Gasteiger partial charge in [0.25, 0.3) is 0 Å². The van der Waals surface area contributed by atoms with Crippen LogP contribution in [0.5, 0.6) is 0 Å². The Bertz CT molecular complexity index is 226. The summed E-state index contributed by atoms with van der Waals surface area (Å²) in [5.41, 5.74) is 0. The van der Waals surface area contributed by atoms with Gasteiger partial charge in [0.2, 0.25) is 0 Å². The third kappa shape index (κ3) is 4.85. The SMILES string of the molecule is CC(C)NCCSc1ncccn1. The standard InChI is InChI=1S/C9H15N3S/c1-8(2)10-6-7-13-9-11-4-3-5-12-9/h3-5,8,10H,6-7H2,1-2H3. The maximum absolute atomic E-state index is 4.12. The second-order valence-corrected chi connectivity index (χ2v) is 4.05. The van der Waals surface area contributed by atoms with Crippen LogP contribution in [0, 0.1) is 0 Å². The Labute approximate surface area is 83.4 Å². The minimum Gasteiger partial charge on any atom is -0.314 e. The van der Waals surface area contributed by atoms with Gasteiger partial charge in [-0.3, -0.25) is 0 Å². The van der Waals surface area contributed by atoms with Gasteiger partial charge in [0.05, 0.1) is 0 Å². The lowest BCUT2D eigenvalue weighted by atomic mass is 10.4. The molecule has 0 amide bonds. The van der Waals surface area contributed by atoms with Crippen molar-refractivity contribution in [2.45, 2.75) is 25.0 Å². The van der Waals surface area contributed by atoms with Crippen molar-refractivity contribution < 1.29 is 0 Å². The second-order valence-electron chi connectivity index (χ2n) is 2.99. The topological polar surface area (TPSA) is 37.8 Å². The molecule has 0 aliphatic rings. The average Bonchev–Trinajstić information content (AvgIpc) is 2.14. The molecule has 1 rings (SSSR count). The smallest absolute Gasteiger partial charge is 0.187 e. The molecule has 13 heavy (non-hydrogen) atoms. The summed E-state index contributed by atoms with van der Waals surface area (Å²) in [6.07, 6.45) is 3.54. The monoisotopic (exact) mass is 197 g/mol. The minimum absolute atomic E-state index is 0.553. The lowest BCUT2D eigenvalue weighted by molar-refractivity contribution is 0.616. The van der Waals surface area contributed by atoms with Gasteiger partial charge in [-0.2, -0.15) is 0 Å². The van der Waals surface area contributed by atoms with Crippen LogP contribution >= 0.6 is 11.8 Å². The fraction of sp³-hybridized carbons (Fsp3) is 0.556. The molecule has 0 aliphatic heterocycles. The van der Waals surface area contributed by atoms with Crippen molar-refractivity contribution in [3.05, 3.63) is 18.5 Å². The fourth-order valence-corrected chi connectivity index (χ4v) is 1.52. The molecule has 1 aromatic rings. The molecule has 0 atom stereocenters. The highest BCUT2D eigenvalue weighted by molar-refractivity contribution is 7.99. The van der Waals surface area contributed by atoms with Crippen LogP contribution in [0.15, 0.2) is 23.6 Å². The van der Waals surface area contributed by atoms with Crippen LogP contribution in [0.4, 0.5) is 0 Å². The maximum atomic E-state index is 4.12. The second kappa shape index (κ2) is 5.94. The van der Waals surface area contributed by atoms with Gasteiger partial charge in [0, 0.05) is 30.7 Å². The molecule has 0 unspecified atom stereocenters. The van der Waals surface area contributed by atoms with Crippen LogP contribution in [0.3, 0.4) is 0 Å². The molecule has 0 spiro atoms. The summed E-state index contributed by atoms with van der Waals surface area (Å²) >= 11 is 1.68. The number of rotatable bonds is 5. The van der Waals surface area contributed by atoms with Crippen LogP contribution in [0.1, 0.15) is 13.8 Å². The molecule has 0 aliphatic carbocycles. The Kier molecular flexibility index (Phi) is 4.78. The van der Waals surface area contributed by atoms with Gasteiger partial charge in [-0.1, -0.05) is 25.6 Å². The molecule has 0 fully saturated rings. The Hall–Kier alpha value is -0.610. The van der Waals surface area contributed by atoms with E-state index in [1.165, 1.54) is 0 Å². The molecular weight excluding hydrogens is 182 g/mol. The van der Waals surface area contributed by atoms with Crippen LogP contribution in [-0.2, 0) is 0 Å². The van der Waals surface area contributed by atoms with Crippen LogP contribution in [0.25, 0.3) is 0 Å². The number of hydrogen-bond donors (Lipinski definition) is 1. The van der Waals surface area contributed by atoms with E-state index in [1.807, 2.05) is 6.07 Å². The van der Waals surface area contributed by atoms with Gasteiger partial charge in [-0.25, -0.2) is 9.97 Å². The summed E-state index contributed by atoms with van der Waals surface area (Å²) in [4.78, 5) is 8.24.